The van der Waals surface area contributed by atoms with Crippen molar-refractivity contribution in [3.8, 4) is 5.75 Å². The molecule has 3 rings (SSSR count). The number of hydrogen-bond acceptors (Lipinski definition) is 3. The van der Waals surface area contributed by atoms with Gasteiger partial charge in [-0.1, -0.05) is 30.3 Å². The molecule has 0 saturated carbocycles. The first kappa shape index (κ1) is 20.3. The van der Waals surface area contributed by atoms with E-state index >= 15 is 0 Å². The number of aliphatic hydroxyl groups excluding tert-OH is 1. The zero-order valence-electron chi connectivity index (χ0n) is 15.6. The summed E-state index contributed by atoms with van der Waals surface area (Å²) in [6.07, 6.45) is 2.70. The molecule has 1 heterocycles. The summed E-state index contributed by atoms with van der Waals surface area (Å²) in [6, 6.07) is 15.8. The van der Waals surface area contributed by atoms with Gasteiger partial charge in [0.25, 0.3) is 5.91 Å². The zero-order chi connectivity index (χ0) is 19.9. The lowest BCUT2D eigenvalue weighted by Gasteiger charge is -2.34. The standard InChI is InChI=1S/C22H25F2NO3/c23-22(24)28-19-9-7-18(8-10-19)21(27)25-14-12-17(13-15-25)20(26)11-6-16-4-2-1-3-5-16/h1-5,7-10,17,20,22,26H,6,11-15H2. The summed E-state index contributed by atoms with van der Waals surface area (Å²) < 4.78 is 28.7. The smallest absolute Gasteiger partial charge is 0.387 e. The molecule has 1 aliphatic rings. The summed E-state index contributed by atoms with van der Waals surface area (Å²) in [5.41, 5.74) is 1.66. The molecule has 0 aliphatic carbocycles. The van der Waals surface area contributed by atoms with Crippen molar-refractivity contribution in [2.24, 2.45) is 5.92 Å². The second-order valence-corrected chi connectivity index (χ2v) is 7.12. The average molecular weight is 389 g/mol. The number of amides is 1. The molecular weight excluding hydrogens is 364 g/mol. The quantitative estimate of drug-likeness (QED) is 0.775. The molecule has 6 heteroatoms. The van der Waals surface area contributed by atoms with E-state index in [1.165, 1.54) is 29.8 Å². The SMILES string of the molecule is O=C(c1ccc(OC(F)F)cc1)N1CCC(C(O)CCc2ccccc2)CC1. The summed E-state index contributed by atoms with van der Waals surface area (Å²) in [7, 11) is 0. The van der Waals surface area contributed by atoms with Gasteiger partial charge in [0, 0.05) is 18.7 Å². The Morgan fingerprint density at radius 1 is 1.07 bits per heavy atom. The first-order chi connectivity index (χ1) is 13.5. The van der Waals surface area contributed by atoms with Gasteiger partial charge in [0.15, 0.2) is 0 Å². The summed E-state index contributed by atoms with van der Waals surface area (Å²) in [5.74, 6) is 0.0993. The maximum absolute atomic E-state index is 12.6. The normalized spacial score (nSPS) is 16.2. The Morgan fingerprint density at radius 2 is 1.71 bits per heavy atom. The third-order valence-electron chi connectivity index (χ3n) is 5.27. The Kier molecular flexibility index (Phi) is 6.98. The van der Waals surface area contributed by atoms with Crippen LogP contribution in [0.2, 0.25) is 0 Å². The molecule has 1 unspecified atom stereocenters. The molecule has 2 aromatic carbocycles. The molecule has 150 valence electrons. The highest BCUT2D eigenvalue weighted by Gasteiger charge is 2.27. The van der Waals surface area contributed by atoms with Crippen molar-refractivity contribution in [2.75, 3.05) is 13.1 Å². The molecule has 0 spiro atoms. The zero-order valence-corrected chi connectivity index (χ0v) is 15.6. The third-order valence-corrected chi connectivity index (χ3v) is 5.27. The number of ether oxygens (including phenoxy) is 1. The molecule has 1 N–H and O–H groups in total. The van der Waals surface area contributed by atoms with Gasteiger partial charge in [0.2, 0.25) is 0 Å². The minimum atomic E-state index is -2.88. The Balaban J connectivity index is 1.47. The molecule has 0 radical (unpaired) electrons. The highest BCUT2D eigenvalue weighted by molar-refractivity contribution is 5.94. The molecule has 1 aliphatic heterocycles. The minimum absolute atomic E-state index is 0.0341. The first-order valence-corrected chi connectivity index (χ1v) is 9.59. The van der Waals surface area contributed by atoms with Gasteiger partial charge in [0.05, 0.1) is 6.10 Å². The van der Waals surface area contributed by atoms with Gasteiger partial charge in [-0.05, 0) is 61.4 Å². The second kappa shape index (κ2) is 9.64. The van der Waals surface area contributed by atoms with E-state index in [1.54, 1.807) is 4.90 Å². The molecule has 1 fully saturated rings. The number of benzene rings is 2. The van der Waals surface area contributed by atoms with Crippen molar-refractivity contribution in [2.45, 2.75) is 38.4 Å². The number of likely N-dealkylation sites (tertiary alicyclic amines) is 1. The van der Waals surface area contributed by atoms with Gasteiger partial charge in [0.1, 0.15) is 5.75 Å². The Bertz CT molecular complexity index is 744. The fourth-order valence-corrected chi connectivity index (χ4v) is 3.64. The number of nitrogens with zero attached hydrogens (tertiary/aromatic N) is 1. The lowest BCUT2D eigenvalue weighted by molar-refractivity contribution is -0.0498. The number of carbonyl (C=O) groups is 1. The van der Waals surface area contributed by atoms with Crippen LogP contribution in [-0.4, -0.2) is 41.7 Å². The van der Waals surface area contributed by atoms with E-state index in [4.69, 9.17) is 0 Å². The van der Waals surface area contributed by atoms with E-state index < -0.39 is 6.61 Å². The van der Waals surface area contributed by atoms with Crippen LogP contribution in [0.3, 0.4) is 0 Å². The molecule has 1 saturated heterocycles. The molecule has 1 amide bonds. The van der Waals surface area contributed by atoms with E-state index in [2.05, 4.69) is 16.9 Å². The molecule has 0 bridgehead atoms. The summed E-state index contributed by atoms with van der Waals surface area (Å²) in [5, 5.41) is 10.5. The van der Waals surface area contributed by atoms with E-state index in [9.17, 15) is 18.7 Å². The number of piperidine rings is 1. The maximum Gasteiger partial charge on any atom is 0.387 e. The van der Waals surface area contributed by atoms with Crippen molar-refractivity contribution >= 4 is 5.91 Å². The van der Waals surface area contributed by atoms with E-state index in [0.29, 0.717) is 25.1 Å². The van der Waals surface area contributed by atoms with Gasteiger partial charge in [-0.3, -0.25) is 4.79 Å². The van der Waals surface area contributed by atoms with Crippen LogP contribution in [0.4, 0.5) is 8.78 Å². The predicted octanol–water partition coefficient (Wildman–Crippen LogP) is 4.13. The number of hydrogen-bond donors (Lipinski definition) is 1. The molecular formula is C22H25F2NO3. The number of aryl methyl sites for hydroxylation is 1. The van der Waals surface area contributed by atoms with Gasteiger partial charge in [-0.15, -0.1) is 0 Å². The van der Waals surface area contributed by atoms with Crippen molar-refractivity contribution in [1.29, 1.82) is 0 Å². The number of aliphatic hydroxyl groups is 1. The van der Waals surface area contributed by atoms with Crippen molar-refractivity contribution in [3.05, 3.63) is 65.7 Å². The van der Waals surface area contributed by atoms with Crippen molar-refractivity contribution in [3.63, 3.8) is 0 Å². The predicted molar refractivity (Wildman–Crippen MR) is 102 cm³/mol. The molecule has 28 heavy (non-hydrogen) atoms. The van der Waals surface area contributed by atoms with E-state index in [-0.39, 0.29) is 23.7 Å². The summed E-state index contributed by atoms with van der Waals surface area (Å²) in [6.45, 7) is -1.71. The van der Waals surface area contributed by atoms with Crippen LogP contribution in [-0.2, 0) is 6.42 Å². The summed E-state index contributed by atoms with van der Waals surface area (Å²) >= 11 is 0. The van der Waals surface area contributed by atoms with Crippen LogP contribution in [0, 0.1) is 5.92 Å². The number of alkyl halides is 2. The fourth-order valence-electron chi connectivity index (χ4n) is 3.64. The molecule has 4 nitrogen and oxygen atoms in total. The molecule has 1 atom stereocenters. The van der Waals surface area contributed by atoms with Crippen LogP contribution in [0.1, 0.15) is 35.2 Å². The van der Waals surface area contributed by atoms with Crippen LogP contribution >= 0.6 is 0 Å². The van der Waals surface area contributed by atoms with E-state index in [0.717, 1.165) is 19.3 Å². The third kappa shape index (κ3) is 5.52. The lowest BCUT2D eigenvalue weighted by atomic mass is 9.88. The van der Waals surface area contributed by atoms with Crippen LogP contribution in [0.25, 0.3) is 0 Å². The summed E-state index contributed by atoms with van der Waals surface area (Å²) in [4.78, 5) is 14.3. The molecule has 0 aromatic heterocycles. The van der Waals surface area contributed by atoms with Crippen molar-refractivity contribution < 1.29 is 23.4 Å². The van der Waals surface area contributed by atoms with E-state index in [1.807, 2.05) is 18.2 Å². The average Bonchev–Trinajstić information content (AvgIpc) is 2.72. The van der Waals surface area contributed by atoms with Gasteiger partial charge >= 0.3 is 6.61 Å². The number of halogens is 2. The monoisotopic (exact) mass is 389 g/mol. The topological polar surface area (TPSA) is 49.8 Å². The first-order valence-electron chi connectivity index (χ1n) is 9.59. The van der Waals surface area contributed by atoms with Crippen LogP contribution in [0.15, 0.2) is 54.6 Å². The van der Waals surface area contributed by atoms with Crippen molar-refractivity contribution in [1.82, 2.24) is 4.90 Å². The number of rotatable bonds is 7. The van der Waals surface area contributed by atoms with Crippen LogP contribution in [0.5, 0.6) is 5.75 Å². The lowest BCUT2D eigenvalue weighted by Crippen LogP contribution is -2.41. The van der Waals surface area contributed by atoms with Crippen LogP contribution < -0.4 is 4.74 Å². The van der Waals surface area contributed by atoms with Gasteiger partial charge in [-0.25, -0.2) is 0 Å². The Hall–Kier alpha value is -2.47. The number of carbonyl (C=O) groups excluding carboxylic acids is 1. The minimum Gasteiger partial charge on any atom is -0.435 e. The fraction of sp³-hybridized carbons (Fsp3) is 0.409. The van der Waals surface area contributed by atoms with Gasteiger partial charge in [-0.2, -0.15) is 8.78 Å². The Labute approximate surface area is 163 Å². The van der Waals surface area contributed by atoms with Gasteiger partial charge < -0.3 is 14.7 Å². The maximum atomic E-state index is 12.6. The highest BCUT2D eigenvalue weighted by Crippen LogP contribution is 2.25. The largest absolute Gasteiger partial charge is 0.435 e. The molecule has 2 aromatic rings. The highest BCUT2D eigenvalue weighted by atomic mass is 19.3. The Morgan fingerprint density at radius 3 is 2.32 bits per heavy atom. The second-order valence-electron chi connectivity index (χ2n) is 7.12.